The number of rotatable bonds is 3. The molecule has 4 nitrogen and oxygen atoms in total. The maximum atomic E-state index is 11.1. The van der Waals surface area contributed by atoms with Crippen molar-refractivity contribution < 1.29 is 9.90 Å². The average Bonchev–Trinajstić information content (AvgIpc) is 2.25. The number of aromatic carboxylic acids is 1. The van der Waals surface area contributed by atoms with Crippen LogP contribution in [0.2, 0.25) is 0 Å². The standard InChI is InChI=1S/C13H20N2O2/c1-9(13(2,3)4)15(5)11-8-14-7-6-10(11)12(16)17/h6-9H,1-5H3,(H,16,17). The first-order chi connectivity index (χ1) is 7.75. The first-order valence-electron chi connectivity index (χ1n) is 5.65. The van der Waals surface area contributed by atoms with Gasteiger partial charge in [-0.05, 0) is 18.4 Å². The van der Waals surface area contributed by atoms with Crippen LogP contribution in [0.4, 0.5) is 5.69 Å². The van der Waals surface area contributed by atoms with Crippen LogP contribution in [-0.4, -0.2) is 29.1 Å². The van der Waals surface area contributed by atoms with Gasteiger partial charge in [0.2, 0.25) is 0 Å². The number of nitrogens with zero attached hydrogens (tertiary/aromatic N) is 2. The van der Waals surface area contributed by atoms with Gasteiger partial charge in [0, 0.05) is 19.3 Å². The summed E-state index contributed by atoms with van der Waals surface area (Å²) in [7, 11) is 1.90. The molecule has 0 radical (unpaired) electrons. The summed E-state index contributed by atoms with van der Waals surface area (Å²) in [5, 5.41) is 9.14. The molecule has 17 heavy (non-hydrogen) atoms. The molecule has 0 saturated heterocycles. The Balaban J connectivity index is 3.12. The normalized spacial score (nSPS) is 13.2. The minimum absolute atomic E-state index is 0.0698. The van der Waals surface area contributed by atoms with Crippen molar-refractivity contribution in [2.75, 3.05) is 11.9 Å². The van der Waals surface area contributed by atoms with Crippen molar-refractivity contribution in [1.29, 1.82) is 0 Å². The van der Waals surface area contributed by atoms with E-state index in [1.807, 2.05) is 11.9 Å². The van der Waals surface area contributed by atoms with E-state index in [9.17, 15) is 4.79 Å². The Labute approximate surface area is 102 Å². The number of carboxylic acids is 1. The molecule has 1 heterocycles. The molecule has 0 aliphatic rings. The number of carbonyl (C=O) groups is 1. The lowest BCUT2D eigenvalue weighted by Crippen LogP contribution is -2.40. The lowest BCUT2D eigenvalue weighted by molar-refractivity contribution is 0.0697. The fourth-order valence-corrected chi connectivity index (χ4v) is 1.64. The van der Waals surface area contributed by atoms with Gasteiger partial charge in [-0.15, -0.1) is 0 Å². The van der Waals surface area contributed by atoms with Gasteiger partial charge < -0.3 is 10.0 Å². The van der Waals surface area contributed by atoms with E-state index in [0.29, 0.717) is 11.3 Å². The van der Waals surface area contributed by atoms with Crippen molar-refractivity contribution in [2.24, 2.45) is 5.41 Å². The SMILES string of the molecule is CC(N(C)c1cnccc1C(=O)O)C(C)(C)C. The highest BCUT2D eigenvalue weighted by molar-refractivity contribution is 5.94. The monoisotopic (exact) mass is 236 g/mol. The van der Waals surface area contributed by atoms with Crippen molar-refractivity contribution >= 4 is 11.7 Å². The molecule has 1 N–H and O–H groups in total. The lowest BCUT2D eigenvalue weighted by Gasteiger charge is -2.37. The van der Waals surface area contributed by atoms with E-state index in [1.54, 1.807) is 6.20 Å². The molecule has 0 saturated carbocycles. The summed E-state index contributed by atoms with van der Waals surface area (Å²) in [4.78, 5) is 17.1. The molecule has 1 rings (SSSR count). The second-order valence-corrected chi connectivity index (χ2v) is 5.35. The topological polar surface area (TPSA) is 53.4 Å². The fraction of sp³-hybridized carbons (Fsp3) is 0.538. The maximum Gasteiger partial charge on any atom is 0.337 e. The van der Waals surface area contributed by atoms with Gasteiger partial charge in [0.1, 0.15) is 0 Å². The van der Waals surface area contributed by atoms with Gasteiger partial charge in [-0.1, -0.05) is 20.8 Å². The Morgan fingerprint density at radius 2 is 2.06 bits per heavy atom. The molecule has 0 bridgehead atoms. The summed E-state index contributed by atoms with van der Waals surface area (Å²) in [6.45, 7) is 8.47. The zero-order valence-corrected chi connectivity index (χ0v) is 11.1. The fourth-order valence-electron chi connectivity index (χ4n) is 1.64. The number of hydrogen-bond donors (Lipinski definition) is 1. The van der Waals surface area contributed by atoms with Crippen molar-refractivity contribution in [3.63, 3.8) is 0 Å². The van der Waals surface area contributed by atoms with Crippen LogP contribution < -0.4 is 4.90 Å². The highest BCUT2D eigenvalue weighted by Gasteiger charge is 2.26. The van der Waals surface area contributed by atoms with Crippen LogP contribution in [0.3, 0.4) is 0 Å². The quantitative estimate of drug-likeness (QED) is 0.876. The Morgan fingerprint density at radius 3 is 2.53 bits per heavy atom. The van der Waals surface area contributed by atoms with Gasteiger partial charge in [-0.3, -0.25) is 4.98 Å². The van der Waals surface area contributed by atoms with E-state index < -0.39 is 5.97 Å². The maximum absolute atomic E-state index is 11.1. The third kappa shape index (κ3) is 2.96. The predicted octanol–water partition coefficient (Wildman–Crippen LogP) is 2.65. The van der Waals surface area contributed by atoms with Crippen LogP contribution in [0.1, 0.15) is 38.1 Å². The number of pyridine rings is 1. The lowest BCUT2D eigenvalue weighted by atomic mass is 9.87. The number of aromatic nitrogens is 1. The van der Waals surface area contributed by atoms with Gasteiger partial charge in [0.25, 0.3) is 0 Å². The van der Waals surface area contributed by atoms with Crippen molar-refractivity contribution in [3.8, 4) is 0 Å². The molecule has 4 heteroatoms. The Hall–Kier alpha value is -1.58. The number of anilines is 1. The first-order valence-corrected chi connectivity index (χ1v) is 5.65. The predicted molar refractivity (Wildman–Crippen MR) is 68.5 cm³/mol. The summed E-state index contributed by atoms with van der Waals surface area (Å²) < 4.78 is 0. The molecule has 0 aliphatic carbocycles. The first kappa shape index (κ1) is 13.5. The molecular weight excluding hydrogens is 216 g/mol. The van der Waals surface area contributed by atoms with E-state index in [0.717, 1.165) is 0 Å². The molecule has 1 aromatic rings. The molecule has 1 aromatic heterocycles. The van der Waals surface area contributed by atoms with E-state index in [-0.39, 0.29) is 11.5 Å². The Bertz CT molecular complexity index is 410. The Morgan fingerprint density at radius 1 is 1.47 bits per heavy atom. The highest BCUT2D eigenvalue weighted by atomic mass is 16.4. The summed E-state index contributed by atoms with van der Waals surface area (Å²) in [6.07, 6.45) is 3.11. The molecule has 0 spiro atoms. The minimum atomic E-state index is -0.921. The van der Waals surface area contributed by atoms with Crippen molar-refractivity contribution in [1.82, 2.24) is 4.98 Å². The molecule has 1 atom stereocenters. The van der Waals surface area contributed by atoms with Gasteiger partial charge in [0.15, 0.2) is 0 Å². The number of carboxylic acid groups (broad SMARTS) is 1. The third-order valence-corrected chi connectivity index (χ3v) is 3.24. The van der Waals surface area contributed by atoms with Gasteiger partial charge in [0.05, 0.1) is 17.4 Å². The molecular formula is C13H20N2O2. The highest BCUT2D eigenvalue weighted by Crippen LogP contribution is 2.28. The second-order valence-electron chi connectivity index (χ2n) is 5.35. The number of hydrogen-bond acceptors (Lipinski definition) is 3. The molecule has 0 aromatic carbocycles. The van der Waals surface area contributed by atoms with Crippen LogP contribution in [-0.2, 0) is 0 Å². The van der Waals surface area contributed by atoms with Crippen LogP contribution in [0.25, 0.3) is 0 Å². The zero-order valence-electron chi connectivity index (χ0n) is 11.1. The van der Waals surface area contributed by atoms with Gasteiger partial charge in [-0.2, -0.15) is 0 Å². The molecule has 0 aliphatic heterocycles. The van der Waals surface area contributed by atoms with Crippen molar-refractivity contribution in [2.45, 2.75) is 33.7 Å². The molecule has 1 unspecified atom stereocenters. The van der Waals surface area contributed by atoms with E-state index in [1.165, 1.54) is 12.3 Å². The molecule has 94 valence electrons. The summed E-state index contributed by atoms with van der Waals surface area (Å²) in [6, 6.07) is 1.74. The van der Waals surface area contributed by atoms with E-state index in [2.05, 4.69) is 32.7 Å². The Kier molecular flexibility index (Phi) is 3.76. The van der Waals surface area contributed by atoms with Gasteiger partial charge >= 0.3 is 5.97 Å². The minimum Gasteiger partial charge on any atom is -0.478 e. The van der Waals surface area contributed by atoms with Crippen LogP contribution in [0.15, 0.2) is 18.5 Å². The average molecular weight is 236 g/mol. The molecule has 0 amide bonds. The third-order valence-electron chi connectivity index (χ3n) is 3.24. The van der Waals surface area contributed by atoms with E-state index >= 15 is 0 Å². The zero-order chi connectivity index (χ0) is 13.2. The van der Waals surface area contributed by atoms with Crippen LogP contribution in [0.5, 0.6) is 0 Å². The van der Waals surface area contributed by atoms with Crippen molar-refractivity contribution in [3.05, 3.63) is 24.0 Å². The smallest absolute Gasteiger partial charge is 0.337 e. The van der Waals surface area contributed by atoms with Crippen LogP contribution in [0, 0.1) is 5.41 Å². The van der Waals surface area contributed by atoms with Gasteiger partial charge in [-0.25, -0.2) is 4.79 Å². The summed E-state index contributed by atoms with van der Waals surface area (Å²) in [5.41, 5.74) is 1.02. The van der Waals surface area contributed by atoms with Crippen LogP contribution >= 0.6 is 0 Å². The summed E-state index contributed by atoms with van der Waals surface area (Å²) in [5.74, 6) is -0.921. The second kappa shape index (κ2) is 4.73. The summed E-state index contributed by atoms with van der Waals surface area (Å²) >= 11 is 0. The largest absolute Gasteiger partial charge is 0.478 e. The van der Waals surface area contributed by atoms with E-state index in [4.69, 9.17) is 5.11 Å². The molecule has 0 fully saturated rings.